The summed E-state index contributed by atoms with van der Waals surface area (Å²) in [5.74, 6) is 2.27. The zero-order chi connectivity index (χ0) is 11.3. The Morgan fingerprint density at radius 1 is 1.50 bits per heavy atom. The number of aromatic nitrogens is 2. The van der Waals surface area contributed by atoms with E-state index in [4.69, 9.17) is 11.6 Å². The lowest BCUT2D eigenvalue weighted by Crippen LogP contribution is -2.01. The van der Waals surface area contributed by atoms with Crippen molar-refractivity contribution < 1.29 is 0 Å². The minimum Gasteiger partial charge on any atom is -0.323 e. The van der Waals surface area contributed by atoms with Gasteiger partial charge in [0, 0.05) is 6.04 Å². The molecule has 84 valence electrons. The van der Waals surface area contributed by atoms with Gasteiger partial charge < -0.3 is 4.57 Å². The average molecular weight is 235 g/mol. The van der Waals surface area contributed by atoms with E-state index < -0.39 is 0 Å². The summed E-state index contributed by atoms with van der Waals surface area (Å²) in [4.78, 5) is 4.62. The Labute approximate surface area is 100 Å². The van der Waals surface area contributed by atoms with Crippen LogP contribution in [0.2, 0.25) is 0 Å². The van der Waals surface area contributed by atoms with Crippen LogP contribution in [-0.2, 0) is 5.88 Å². The van der Waals surface area contributed by atoms with Crippen molar-refractivity contribution in [2.24, 2.45) is 5.92 Å². The molecule has 1 aliphatic carbocycles. The molecule has 3 rings (SSSR count). The second kappa shape index (κ2) is 3.49. The quantitative estimate of drug-likeness (QED) is 0.725. The number of benzene rings is 1. The maximum Gasteiger partial charge on any atom is 0.125 e. The molecule has 1 fully saturated rings. The molecule has 1 aromatic heterocycles. The summed E-state index contributed by atoms with van der Waals surface area (Å²) >= 11 is 5.99. The lowest BCUT2D eigenvalue weighted by Gasteiger charge is -2.07. The van der Waals surface area contributed by atoms with Gasteiger partial charge in [0.15, 0.2) is 0 Å². The van der Waals surface area contributed by atoms with E-state index in [-0.39, 0.29) is 0 Å². The number of rotatable bonds is 2. The summed E-state index contributed by atoms with van der Waals surface area (Å²) in [6.07, 6.45) is 1.25. The second-order valence-corrected chi connectivity index (χ2v) is 5.02. The van der Waals surface area contributed by atoms with Crippen LogP contribution in [0.15, 0.2) is 18.2 Å². The summed E-state index contributed by atoms with van der Waals surface area (Å²) in [6, 6.07) is 6.89. The molecule has 0 saturated heterocycles. The smallest absolute Gasteiger partial charge is 0.125 e. The highest BCUT2D eigenvalue weighted by Gasteiger charge is 2.37. The van der Waals surface area contributed by atoms with Gasteiger partial charge in [0.2, 0.25) is 0 Å². The first-order valence-corrected chi connectivity index (χ1v) is 6.28. The number of nitrogens with zero attached hydrogens (tertiary/aromatic N) is 2. The molecule has 0 spiro atoms. The van der Waals surface area contributed by atoms with Crippen LogP contribution in [0.3, 0.4) is 0 Å². The number of alkyl halides is 1. The fraction of sp³-hybridized carbons (Fsp3) is 0.462. The van der Waals surface area contributed by atoms with Crippen molar-refractivity contribution in [1.29, 1.82) is 0 Å². The monoisotopic (exact) mass is 234 g/mol. The summed E-state index contributed by atoms with van der Waals surface area (Å²) in [5, 5.41) is 0. The predicted molar refractivity (Wildman–Crippen MR) is 66.8 cm³/mol. The molecule has 0 bridgehead atoms. The van der Waals surface area contributed by atoms with Gasteiger partial charge in [-0.15, -0.1) is 11.6 Å². The molecule has 0 amide bonds. The molecule has 1 aliphatic rings. The van der Waals surface area contributed by atoms with Crippen molar-refractivity contribution in [2.45, 2.75) is 32.2 Å². The average Bonchev–Trinajstić information content (AvgIpc) is 2.86. The van der Waals surface area contributed by atoms with Crippen LogP contribution < -0.4 is 0 Å². The topological polar surface area (TPSA) is 17.8 Å². The molecule has 16 heavy (non-hydrogen) atoms. The zero-order valence-electron chi connectivity index (χ0n) is 9.57. The Kier molecular flexibility index (Phi) is 2.21. The summed E-state index contributed by atoms with van der Waals surface area (Å²) < 4.78 is 2.35. The zero-order valence-corrected chi connectivity index (χ0v) is 10.3. The first kappa shape index (κ1) is 10.2. The Hall–Kier alpha value is -1.02. The normalized spacial score (nSPS) is 23.9. The fourth-order valence-electron chi connectivity index (χ4n) is 2.48. The highest BCUT2D eigenvalue weighted by atomic mass is 35.5. The third-order valence-corrected chi connectivity index (χ3v) is 3.74. The number of para-hydroxylation sites is 1. The van der Waals surface area contributed by atoms with Gasteiger partial charge in [-0.2, -0.15) is 0 Å². The van der Waals surface area contributed by atoms with E-state index in [2.05, 4.69) is 41.6 Å². The minimum absolute atomic E-state index is 0.497. The highest BCUT2D eigenvalue weighted by molar-refractivity contribution is 6.16. The number of hydrogen-bond donors (Lipinski definition) is 0. The van der Waals surface area contributed by atoms with E-state index in [9.17, 15) is 0 Å². The summed E-state index contributed by atoms with van der Waals surface area (Å²) in [7, 11) is 0. The predicted octanol–water partition coefficient (Wildman–Crippen LogP) is 3.66. The number of aryl methyl sites for hydroxylation is 1. The minimum atomic E-state index is 0.497. The first-order chi connectivity index (χ1) is 7.72. The molecular weight excluding hydrogens is 220 g/mol. The molecule has 2 unspecified atom stereocenters. The standard InChI is InChI=1S/C13H15ClN2/c1-8-4-3-5-10-13(8)16(11-6-9(11)2)12(7-14)15-10/h3-5,9,11H,6-7H2,1-2H3. The second-order valence-electron chi connectivity index (χ2n) is 4.75. The Balaban J connectivity index is 2.29. The highest BCUT2D eigenvalue weighted by Crippen LogP contribution is 2.45. The Bertz CT molecular complexity index is 544. The maximum absolute atomic E-state index is 5.99. The van der Waals surface area contributed by atoms with Gasteiger partial charge in [0.05, 0.1) is 16.9 Å². The van der Waals surface area contributed by atoms with E-state index in [1.54, 1.807) is 0 Å². The van der Waals surface area contributed by atoms with Gasteiger partial charge in [-0.05, 0) is 30.9 Å². The number of fused-ring (bicyclic) bond motifs is 1. The molecule has 2 aromatic rings. The van der Waals surface area contributed by atoms with E-state index >= 15 is 0 Å². The van der Waals surface area contributed by atoms with Gasteiger partial charge >= 0.3 is 0 Å². The molecule has 1 saturated carbocycles. The molecule has 1 heterocycles. The van der Waals surface area contributed by atoms with Crippen LogP contribution in [-0.4, -0.2) is 9.55 Å². The third kappa shape index (κ3) is 1.36. The van der Waals surface area contributed by atoms with Gasteiger partial charge in [-0.3, -0.25) is 0 Å². The molecule has 3 heteroatoms. The molecule has 2 nitrogen and oxygen atoms in total. The molecule has 0 aliphatic heterocycles. The fourth-order valence-corrected chi connectivity index (χ4v) is 2.67. The Morgan fingerprint density at radius 2 is 2.25 bits per heavy atom. The van der Waals surface area contributed by atoms with Crippen LogP contribution in [0.1, 0.15) is 30.8 Å². The van der Waals surface area contributed by atoms with Crippen LogP contribution in [0, 0.1) is 12.8 Å². The molecule has 0 radical (unpaired) electrons. The van der Waals surface area contributed by atoms with Gasteiger partial charge in [-0.1, -0.05) is 19.1 Å². The summed E-state index contributed by atoms with van der Waals surface area (Å²) in [6.45, 7) is 4.43. The lowest BCUT2D eigenvalue weighted by atomic mass is 10.2. The molecule has 1 aromatic carbocycles. The van der Waals surface area contributed by atoms with Crippen LogP contribution in [0.25, 0.3) is 11.0 Å². The molecule has 0 N–H and O–H groups in total. The van der Waals surface area contributed by atoms with E-state index in [1.807, 2.05) is 0 Å². The van der Waals surface area contributed by atoms with Crippen molar-refractivity contribution in [2.75, 3.05) is 0 Å². The maximum atomic E-state index is 5.99. The van der Waals surface area contributed by atoms with Crippen LogP contribution in [0.4, 0.5) is 0 Å². The SMILES string of the molecule is Cc1cccc2nc(CCl)n(C3CC3C)c12. The molecule has 2 atom stereocenters. The van der Waals surface area contributed by atoms with E-state index in [0.717, 1.165) is 17.3 Å². The molecular formula is C13H15ClN2. The van der Waals surface area contributed by atoms with Gasteiger partial charge in [0.25, 0.3) is 0 Å². The first-order valence-electron chi connectivity index (χ1n) is 5.74. The van der Waals surface area contributed by atoms with Crippen molar-refractivity contribution in [3.05, 3.63) is 29.6 Å². The van der Waals surface area contributed by atoms with Crippen LogP contribution >= 0.6 is 11.6 Å². The summed E-state index contributed by atoms with van der Waals surface area (Å²) in [5.41, 5.74) is 3.64. The van der Waals surface area contributed by atoms with E-state index in [1.165, 1.54) is 17.5 Å². The lowest BCUT2D eigenvalue weighted by molar-refractivity contribution is 0.676. The number of hydrogen-bond acceptors (Lipinski definition) is 1. The van der Waals surface area contributed by atoms with Crippen molar-refractivity contribution >= 4 is 22.6 Å². The van der Waals surface area contributed by atoms with E-state index in [0.29, 0.717) is 11.9 Å². The largest absolute Gasteiger partial charge is 0.323 e. The van der Waals surface area contributed by atoms with Crippen molar-refractivity contribution in [1.82, 2.24) is 9.55 Å². The van der Waals surface area contributed by atoms with Crippen molar-refractivity contribution in [3.8, 4) is 0 Å². The Morgan fingerprint density at radius 3 is 2.88 bits per heavy atom. The third-order valence-electron chi connectivity index (χ3n) is 3.50. The van der Waals surface area contributed by atoms with Gasteiger partial charge in [-0.25, -0.2) is 4.98 Å². The van der Waals surface area contributed by atoms with Crippen LogP contribution in [0.5, 0.6) is 0 Å². The van der Waals surface area contributed by atoms with Crippen molar-refractivity contribution in [3.63, 3.8) is 0 Å². The number of halogens is 1. The number of imidazole rings is 1. The van der Waals surface area contributed by atoms with Gasteiger partial charge in [0.1, 0.15) is 5.82 Å².